The van der Waals surface area contributed by atoms with Crippen LogP contribution in [0.4, 0.5) is 5.69 Å². The number of likely N-dealkylation sites (N-methyl/N-ethyl adjacent to an activating group) is 1. The van der Waals surface area contributed by atoms with E-state index in [1.165, 1.54) is 6.42 Å². The van der Waals surface area contributed by atoms with E-state index in [2.05, 4.69) is 26.2 Å². The molecule has 1 unspecified atom stereocenters. The number of amides is 1. The Morgan fingerprint density at radius 2 is 2.03 bits per heavy atom. The van der Waals surface area contributed by atoms with Crippen LogP contribution in [0.3, 0.4) is 0 Å². The van der Waals surface area contributed by atoms with E-state index in [1.54, 1.807) is 19.0 Å². The fourth-order valence-electron chi connectivity index (χ4n) is 3.57. The van der Waals surface area contributed by atoms with Crippen molar-refractivity contribution in [2.45, 2.75) is 25.4 Å². The highest BCUT2D eigenvalue weighted by Gasteiger charge is 2.22. The second-order valence-electron chi connectivity index (χ2n) is 7.75. The van der Waals surface area contributed by atoms with Gasteiger partial charge in [-0.25, -0.2) is 4.99 Å². The smallest absolute Gasteiger partial charge is 0.243 e. The predicted octanol–water partition coefficient (Wildman–Crippen LogP) is 2.68. The van der Waals surface area contributed by atoms with Crippen molar-refractivity contribution in [1.29, 1.82) is 0 Å². The number of piperazine rings is 1. The van der Waals surface area contributed by atoms with Crippen molar-refractivity contribution < 1.29 is 9.53 Å². The molecule has 9 heteroatoms. The number of halogens is 2. The number of ether oxygens (including phenoxy) is 1. The van der Waals surface area contributed by atoms with Crippen molar-refractivity contribution in [3.05, 3.63) is 29.3 Å². The summed E-state index contributed by atoms with van der Waals surface area (Å²) < 4.78 is 5.83. The van der Waals surface area contributed by atoms with Crippen LogP contribution in [0.5, 0.6) is 0 Å². The van der Waals surface area contributed by atoms with Gasteiger partial charge in [0.1, 0.15) is 6.54 Å². The number of rotatable bonds is 5. The van der Waals surface area contributed by atoms with Crippen LogP contribution in [0.1, 0.15) is 19.3 Å². The van der Waals surface area contributed by atoms with Crippen LogP contribution in [0, 0.1) is 0 Å². The van der Waals surface area contributed by atoms with Gasteiger partial charge in [0, 0.05) is 64.1 Å². The largest absolute Gasteiger partial charge is 0.376 e. The van der Waals surface area contributed by atoms with E-state index in [1.807, 2.05) is 18.2 Å². The first-order chi connectivity index (χ1) is 14.0. The van der Waals surface area contributed by atoms with Gasteiger partial charge >= 0.3 is 0 Å². The number of carbonyl (C=O) groups is 1. The van der Waals surface area contributed by atoms with Crippen LogP contribution < -0.4 is 10.2 Å². The number of aliphatic imine (C=N–C) groups is 1. The Kier molecular flexibility index (Phi) is 10.5. The summed E-state index contributed by atoms with van der Waals surface area (Å²) in [5, 5.41) is 4.21. The quantitative estimate of drug-likeness (QED) is 0.348. The molecule has 7 nitrogen and oxygen atoms in total. The lowest BCUT2D eigenvalue weighted by Crippen LogP contribution is -2.54. The summed E-state index contributed by atoms with van der Waals surface area (Å²) in [6.45, 7) is 5.13. The van der Waals surface area contributed by atoms with E-state index in [0.29, 0.717) is 0 Å². The van der Waals surface area contributed by atoms with Crippen LogP contribution in [0.15, 0.2) is 29.3 Å². The molecule has 1 aromatic carbocycles. The number of nitrogens with zero attached hydrogens (tertiary/aromatic N) is 4. The van der Waals surface area contributed by atoms with Crippen molar-refractivity contribution in [1.82, 2.24) is 15.1 Å². The number of carbonyl (C=O) groups excluding carboxylic acids is 1. The summed E-state index contributed by atoms with van der Waals surface area (Å²) in [6.07, 6.45) is 3.63. The van der Waals surface area contributed by atoms with E-state index in [9.17, 15) is 4.79 Å². The Bertz CT molecular complexity index is 704. The van der Waals surface area contributed by atoms with Gasteiger partial charge in [0.25, 0.3) is 0 Å². The van der Waals surface area contributed by atoms with Gasteiger partial charge in [0.05, 0.1) is 6.10 Å². The Balaban J connectivity index is 0.00000320. The SMILES string of the molecule is CN(C)C(=O)CN=C(NCC1CCCCO1)N1CCN(c2cccc(Cl)c2)CC1.I. The molecular weight excluding hydrogens is 517 g/mol. The zero-order valence-electron chi connectivity index (χ0n) is 17.8. The summed E-state index contributed by atoms with van der Waals surface area (Å²) in [5.41, 5.74) is 1.14. The fourth-order valence-corrected chi connectivity index (χ4v) is 3.76. The van der Waals surface area contributed by atoms with Crippen LogP contribution in [0.2, 0.25) is 5.02 Å². The van der Waals surface area contributed by atoms with Gasteiger partial charge in [-0.1, -0.05) is 17.7 Å². The third-order valence-corrected chi connectivity index (χ3v) is 5.61. The third kappa shape index (κ3) is 7.46. The predicted molar refractivity (Wildman–Crippen MR) is 133 cm³/mol. The maximum absolute atomic E-state index is 12.0. The minimum absolute atomic E-state index is 0. The first-order valence-corrected chi connectivity index (χ1v) is 10.8. The lowest BCUT2D eigenvalue weighted by atomic mass is 10.1. The number of guanidine groups is 1. The highest BCUT2D eigenvalue weighted by atomic mass is 127. The fraction of sp³-hybridized carbons (Fsp3) is 0.619. The van der Waals surface area contributed by atoms with Gasteiger partial charge < -0.3 is 24.8 Å². The number of hydrogen-bond acceptors (Lipinski definition) is 4. The van der Waals surface area contributed by atoms with Crippen LogP contribution in [-0.4, -0.2) is 87.7 Å². The summed E-state index contributed by atoms with van der Waals surface area (Å²) in [4.78, 5) is 22.8. The molecule has 3 rings (SSSR count). The van der Waals surface area contributed by atoms with Crippen LogP contribution >= 0.6 is 35.6 Å². The van der Waals surface area contributed by atoms with Gasteiger partial charge in [-0.3, -0.25) is 4.79 Å². The Morgan fingerprint density at radius 1 is 1.27 bits per heavy atom. The van der Waals surface area contributed by atoms with Crippen molar-refractivity contribution >= 4 is 53.1 Å². The van der Waals surface area contributed by atoms with E-state index >= 15 is 0 Å². The van der Waals surface area contributed by atoms with E-state index in [-0.39, 0.29) is 42.5 Å². The first-order valence-electron chi connectivity index (χ1n) is 10.4. The number of benzene rings is 1. The first kappa shape index (κ1) is 25.0. The second-order valence-corrected chi connectivity index (χ2v) is 8.19. The second kappa shape index (κ2) is 12.6. The molecule has 1 aromatic rings. The molecule has 2 fully saturated rings. The summed E-state index contributed by atoms with van der Waals surface area (Å²) in [6, 6.07) is 7.96. The molecule has 1 atom stereocenters. The molecular formula is C21H33ClIN5O2. The average Bonchev–Trinajstić information content (AvgIpc) is 2.74. The van der Waals surface area contributed by atoms with E-state index in [0.717, 1.165) is 68.8 Å². The zero-order chi connectivity index (χ0) is 20.6. The minimum atomic E-state index is -0.00391. The van der Waals surface area contributed by atoms with Crippen molar-refractivity contribution in [3.8, 4) is 0 Å². The Morgan fingerprint density at radius 3 is 2.67 bits per heavy atom. The minimum Gasteiger partial charge on any atom is -0.376 e. The normalized spacial score (nSPS) is 19.8. The average molecular weight is 550 g/mol. The van der Waals surface area contributed by atoms with Crippen LogP contribution in [0.25, 0.3) is 0 Å². The Labute approximate surface area is 201 Å². The molecule has 30 heavy (non-hydrogen) atoms. The van der Waals surface area contributed by atoms with Gasteiger partial charge in [-0.15, -0.1) is 24.0 Å². The molecule has 1 N–H and O–H groups in total. The van der Waals surface area contributed by atoms with Gasteiger partial charge in [0.2, 0.25) is 5.91 Å². The monoisotopic (exact) mass is 549 g/mol. The van der Waals surface area contributed by atoms with E-state index in [4.69, 9.17) is 16.3 Å². The number of hydrogen-bond donors (Lipinski definition) is 1. The highest BCUT2D eigenvalue weighted by Crippen LogP contribution is 2.21. The lowest BCUT2D eigenvalue weighted by molar-refractivity contribution is -0.127. The molecule has 168 valence electrons. The molecule has 0 spiro atoms. The summed E-state index contributed by atoms with van der Waals surface area (Å²) >= 11 is 6.14. The summed E-state index contributed by atoms with van der Waals surface area (Å²) in [5.74, 6) is 0.788. The van der Waals surface area contributed by atoms with Crippen molar-refractivity contribution in [2.75, 3.05) is 64.9 Å². The molecule has 0 bridgehead atoms. The zero-order valence-corrected chi connectivity index (χ0v) is 20.9. The standard InChI is InChI=1S/C21H32ClN5O2.HI/c1-25(2)20(28)16-24-21(23-15-19-8-3-4-13-29-19)27-11-9-26(10-12-27)18-7-5-6-17(22)14-18;/h5-7,14,19H,3-4,8-13,15-16H2,1-2H3,(H,23,24);1H. The number of nitrogens with one attached hydrogen (secondary N) is 1. The van der Waals surface area contributed by atoms with Gasteiger partial charge in [-0.2, -0.15) is 0 Å². The molecule has 0 saturated carbocycles. The molecule has 0 aromatic heterocycles. The van der Waals surface area contributed by atoms with E-state index < -0.39 is 0 Å². The maximum atomic E-state index is 12.0. The topological polar surface area (TPSA) is 60.4 Å². The molecule has 2 heterocycles. The van der Waals surface area contributed by atoms with Crippen molar-refractivity contribution in [3.63, 3.8) is 0 Å². The maximum Gasteiger partial charge on any atom is 0.243 e. The molecule has 0 aliphatic carbocycles. The molecule has 2 aliphatic heterocycles. The Hall–Kier alpha value is -1.26. The molecule has 1 amide bonds. The van der Waals surface area contributed by atoms with Gasteiger partial charge in [-0.05, 0) is 37.5 Å². The van der Waals surface area contributed by atoms with Crippen molar-refractivity contribution in [2.24, 2.45) is 4.99 Å². The highest BCUT2D eigenvalue weighted by molar-refractivity contribution is 14.0. The molecule has 2 saturated heterocycles. The summed E-state index contributed by atoms with van der Waals surface area (Å²) in [7, 11) is 3.51. The van der Waals surface area contributed by atoms with Gasteiger partial charge in [0.15, 0.2) is 5.96 Å². The third-order valence-electron chi connectivity index (χ3n) is 5.38. The number of anilines is 1. The molecule has 2 aliphatic rings. The van der Waals surface area contributed by atoms with Crippen LogP contribution in [-0.2, 0) is 9.53 Å². The molecule has 0 radical (unpaired) electrons. The lowest BCUT2D eigenvalue weighted by Gasteiger charge is -2.38.